The minimum atomic E-state index is -0.580. The summed E-state index contributed by atoms with van der Waals surface area (Å²) >= 11 is 0. The zero-order valence-electron chi connectivity index (χ0n) is 10.6. The molecule has 9 nitrogen and oxygen atoms in total. The second kappa shape index (κ2) is 6.04. The van der Waals surface area contributed by atoms with Crippen LogP contribution in [0, 0.1) is 0 Å². The lowest BCUT2D eigenvalue weighted by Crippen LogP contribution is -2.41. The first-order valence-electron chi connectivity index (χ1n) is 6.04. The van der Waals surface area contributed by atoms with E-state index in [4.69, 9.17) is 0 Å². The first-order chi connectivity index (χ1) is 9.58. The highest BCUT2D eigenvalue weighted by Crippen LogP contribution is 2.08. The van der Waals surface area contributed by atoms with E-state index in [9.17, 15) is 19.2 Å². The molecule has 106 valence electrons. The Morgan fingerprint density at radius 1 is 1.35 bits per heavy atom. The molecular weight excluding hydrogens is 266 g/mol. The van der Waals surface area contributed by atoms with Crippen LogP contribution in [0.2, 0.25) is 0 Å². The van der Waals surface area contributed by atoms with Gasteiger partial charge in [-0.15, -0.1) is 5.10 Å². The number of likely N-dealkylation sites (tertiary alicyclic amines) is 1. The molecule has 1 aromatic rings. The van der Waals surface area contributed by atoms with E-state index in [1.54, 1.807) is 0 Å². The van der Waals surface area contributed by atoms with Gasteiger partial charge in [0.15, 0.2) is 6.29 Å². The molecule has 1 aliphatic heterocycles. The van der Waals surface area contributed by atoms with Crippen LogP contribution in [0.3, 0.4) is 0 Å². The van der Waals surface area contributed by atoms with E-state index < -0.39 is 11.8 Å². The first-order valence-corrected chi connectivity index (χ1v) is 6.04. The van der Waals surface area contributed by atoms with Gasteiger partial charge in [-0.05, 0) is 6.42 Å². The molecule has 0 saturated carbocycles. The Balaban J connectivity index is 1.80. The Hall–Kier alpha value is -2.58. The smallest absolute Gasteiger partial charge is 0.248 e. The van der Waals surface area contributed by atoms with E-state index in [0.717, 1.165) is 11.1 Å². The number of aromatic nitrogens is 3. The maximum Gasteiger partial charge on any atom is 0.248 e. The summed E-state index contributed by atoms with van der Waals surface area (Å²) in [5.41, 5.74) is 0.104. The summed E-state index contributed by atoms with van der Waals surface area (Å²) in [5, 5.41) is 9.19. The average Bonchev–Trinajstić information content (AvgIpc) is 2.99. The quantitative estimate of drug-likeness (QED) is 0.646. The van der Waals surface area contributed by atoms with Gasteiger partial charge in [0.25, 0.3) is 0 Å². The predicted octanol–water partition coefficient (Wildman–Crippen LogP) is -1.64. The normalized spacial score (nSPS) is 14.4. The van der Waals surface area contributed by atoms with Gasteiger partial charge in [-0.3, -0.25) is 24.5 Å². The minimum Gasteiger partial charge on any atom is -0.333 e. The molecule has 3 amide bonds. The van der Waals surface area contributed by atoms with Crippen LogP contribution in [0.5, 0.6) is 0 Å². The summed E-state index contributed by atoms with van der Waals surface area (Å²) in [4.78, 5) is 46.3. The van der Waals surface area contributed by atoms with Gasteiger partial charge in [-0.25, -0.2) is 4.68 Å². The van der Waals surface area contributed by atoms with Crippen LogP contribution < -0.4 is 5.32 Å². The number of imide groups is 1. The number of carbonyl (C=O) groups excluding carboxylic acids is 4. The number of nitrogens with zero attached hydrogens (tertiary/aromatic N) is 4. The molecule has 1 saturated heterocycles. The Labute approximate surface area is 113 Å². The van der Waals surface area contributed by atoms with Gasteiger partial charge in [-0.2, -0.15) is 0 Å². The van der Waals surface area contributed by atoms with Crippen LogP contribution in [0.1, 0.15) is 23.3 Å². The number of aldehydes is 1. The van der Waals surface area contributed by atoms with Gasteiger partial charge >= 0.3 is 0 Å². The van der Waals surface area contributed by atoms with Crippen LogP contribution in [-0.4, -0.2) is 57.0 Å². The van der Waals surface area contributed by atoms with E-state index in [0.29, 0.717) is 19.3 Å². The molecule has 0 aliphatic carbocycles. The summed E-state index contributed by atoms with van der Waals surface area (Å²) in [6, 6.07) is 0. The summed E-state index contributed by atoms with van der Waals surface area (Å²) < 4.78 is 1.15. The van der Waals surface area contributed by atoms with Gasteiger partial charge in [0.1, 0.15) is 12.2 Å². The molecule has 1 aromatic heterocycles. The summed E-state index contributed by atoms with van der Waals surface area (Å²) in [6.07, 6.45) is 2.97. The van der Waals surface area contributed by atoms with Gasteiger partial charge in [-0.1, -0.05) is 5.21 Å². The van der Waals surface area contributed by atoms with Gasteiger partial charge in [0.05, 0.1) is 12.7 Å². The third-order valence-electron chi connectivity index (χ3n) is 2.77. The summed E-state index contributed by atoms with van der Waals surface area (Å²) in [7, 11) is 0. The lowest BCUT2D eigenvalue weighted by molar-refractivity contribution is -0.136. The van der Waals surface area contributed by atoms with Crippen LogP contribution >= 0.6 is 0 Å². The topological polar surface area (TPSA) is 114 Å². The third kappa shape index (κ3) is 3.46. The SMILES string of the molecule is O=Cc1cn(CC(=O)NC(=O)CN2CCCC2=O)nn1. The van der Waals surface area contributed by atoms with Gasteiger partial charge < -0.3 is 4.90 Å². The number of hydrogen-bond donors (Lipinski definition) is 1. The van der Waals surface area contributed by atoms with Crippen molar-refractivity contribution in [3.8, 4) is 0 Å². The molecule has 1 aliphatic rings. The molecule has 20 heavy (non-hydrogen) atoms. The molecule has 0 radical (unpaired) electrons. The van der Waals surface area contributed by atoms with Crippen molar-refractivity contribution in [2.75, 3.05) is 13.1 Å². The molecule has 2 rings (SSSR count). The second-order valence-corrected chi connectivity index (χ2v) is 4.35. The van der Waals surface area contributed by atoms with Crippen LogP contribution in [0.4, 0.5) is 0 Å². The van der Waals surface area contributed by atoms with Gasteiger partial charge in [0.2, 0.25) is 17.7 Å². The summed E-state index contributed by atoms with van der Waals surface area (Å²) in [6.45, 7) is 0.189. The highest BCUT2D eigenvalue weighted by atomic mass is 16.2. The third-order valence-corrected chi connectivity index (χ3v) is 2.77. The van der Waals surface area contributed by atoms with Crippen molar-refractivity contribution < 1.29 is 19.2 Å². The standard InChI is InChI=1S/C11H13N5O4/c17-7-8-4-16(14-13-8)6-10(19)12-9(18)5-15-3-1-2-11(15)20/h4,7H,1-3,5-6H2,(H,12,18,19). The highest BCUT2D eigenvalue weighted by molar-refractivity contribution is 5.97. The Morgan fingerprint density at radius 2 is 2.10 bits per heavy atom. The fourth-order valence-corrected chi connectivity index (χ4v) is 1.87. The summed E-state index contributed by atoms with van der Waals surface area (Å²) in [5.74, 6) is -1.20. The van der Waals surface area contributed by atoms with Crippen LogP contribution in [0.25, 0.3) is 0 Å². The minimum absolute atomic E-state index is 0.0838. The molecule has 0 aromatic carbocycles. The van der Waals surface area contributed by atoms with E-state index in [1.165, 1.54) is 11.1 Å². The van der Waals surface area contributed by atoms with Crippen molar-refractivity contribution in [2.45, 2.75) is 19.4 Å². The lowest BCUT2D eigenvalue weighted by Gasteiger charge is -2.14. The molecule has 0 atom stereocenters. The molecule has 2 heterocycles. The number of hydrogen-bond acceptors (Lipinski definition) is 6. The van der Waals surface area contributed by atoms with Crippen molar-refractivity contribution in [1.29, 1.82) is 0 Å². The monoisotopic (exact) mass is 279 g/mol. The highest BCUT2D eigenvalue weighted by Gasteiger charge is 2.23. The number of nitrogens with one attached hydrogen (secondary N) is 1. The lowest BCUT2D eigenvalue weighted by atomic mass is 10.4. The molecule has 1 fully saturated rings. The fourth-order valence-electron chi connectivity index (χ4n) is 1.87. The van der Waals surface area contributed by atoms with E-state index in [-0.39, 0.29) is 24.7 Å². The molecule has 1 N–H and O–H groups in total. The largest absolute Gasteiger partial charge is 0.333 e. The fraction of sp³-hybridized carbons (Fsp3) is 0.455. The van der Waals surface area contributed by atoms with Crippen molar-refractivity contribution >= 4 is 24.0 Å². The van der Waals surface area contributed by atoms with Gasteiger partial charge in [0, 0.05) is 13.0 Å². The van der Waals surface area contributed by atoms with Crippen molar-refractivity contribution in [3.63, 3.8) is 0 Å². The Kier molecular flexibility index (Phi) is 4.18. The van der Waals surface area contributed by atoms with Crippen LogP contribution in [0.15, 0.2) is 6.20 Å². The Bertz CT molecular complexity index is 553. The van der Waals surface area contributed by atoms with E-state index in [1.807, 2.05) is 0 Å². The predicted molar refractivity (Wildman–Crippen MR) is 64.4 cm³/mol. The van der Waals surface area contributed by atoms with E-state index in [2.05, 4.69) is 15.6 Å². The number of amides is 3. The molecular formula is C11H13N5O4. The van der Waals surface area contributed by atoms with Crippen molar-refractivity contribution in [2.24, 2.45) is 0 Å². The maximum atomic E-state index is 11.6. The first kappa shape index (κ1) is 13.8. The Morgan fingerprint density at radius 3 is 2.70 bits per heavy atom. The molecule has 0 bridgehead atoms. The number of carbonyl (C=O) groups is 4. The molecule has 0 spiro atoms. The molecule has 9 heteroatoms. The maximum absolute atomic E-state index is 11.6. The average molecular weight is 279 g/mol. The zero-order valence-corrected chi connectivity index (χ0v) is 10.6. The molecule has 0 unspecified atom stereocenters. The van der Waals surface area contributed by atoms with Crippen molar-refractivity contribution in [3.05, 3.63) is 11.9 Å². The number of rotatable bonds is 5. The zero-order chi connectivity index (χ0) is 14.5. The second-order valence-electron chi connectivity index (χ2n) is 4.35. The van der Waals surface area contributed by atoms with Crippen LogP contribution in [-0.2, 0) is 20.9 Å². The van der Waals surface area contributed by atoms with E-state index >= 15 is 0 Å². The van der Waals surface area contributed by atoms with Crippen molar-refractivity contribution in [1.82, 2.24) is 25.2 Å².